The van der Waals surface area contributed by atoms with E-state index in [0.29, 0.717) is 5.82 Å². The van der Waals surface area contributed by atoms with Crippen molar-refractivity contribution in [1.29, 1.82) is 0 Å². The minimum Gasteiger partial charge on any atom is -0.363 e. The second kappa shape index (κ2) is 4.14. The molecule has 88 valence electrons. The van der Waals surface area contributed by atoms with E-state index < -0.39 is 0 Å². The Bertz CT molecular complexity index is 511. The molecule has 17 heavy (non-hydrogen) atoms. The second-order valence-electron chi connectivity index (χ2n) is 4.56. The van der Waals surface area contributed by atoms with E-state index in [1.54, 1.807) is 0 Å². The Balaban J connectivity index is 2.50. The first-order valence-electron chi connectivity index (χ1n) is 5.72. The first-order chi connectivity index (χ1) is 8.04. The van der Waals surface area contributed by atoms with E-state index in [1.807, 2.05) is 13.2 Å². The Hall–Kier alpha value is -1.95. The first-order valence-corrected chi connectivity index (χ1v) is 5.72. The molecular weight excluding hydrogens is 210 g/mol. The van der Waals surface area contributed by atoms with Crippen LogP contribution in [0.3, 0.4) is 0 Å². The van der Waals surface area contributed by atoms with Gasteiger partial charge in [-0.3, -0.25) is 4.90 Å². The summed E-state index contributed by atoms with van der Waals surface area (Å²) in [6, 6.07) is 6.35. The summed E-state index contributed by atoms with van der Waals surface area (Å²) in [5.41, 5.74) is 3.55. The van der Waals surface area contributed by atoms with E-state index in [-0.39, 0.29) is 6.17 Å². The van der Waals surface area contributed by atoms with E-state index in [9.17, 15) is 0 Å². The van der Waals surface area contributed by atoms with Crippen molar-refractivity contribution >= 4 is 5.69 Å². The number of hydrogen-bond acceptors (Lipinski definition) is 2. The highest BCUT2D eigenvalue weighted by atomic mass is 15.4. The van der Waals surface area contributed by atoms with Gasteiger partial charge >= 0.3 is 0 Å². The summed E-state index contributed by atoms with van der Waals surface area (Å²) in [5.74, 6) is 0.689. The van der Waals surface area contributed by atoms with Crippen molar-refractivity contribution in [2.24, 2.45) is 0 Å². The normalized spacial score (nSPS) is 19.2. The van der Waals surface area contributed by atoms with Gasteiger partial charge in [0.2, 0.25) is 5.82 Å². The lowest BCUT2D eigenvalue weighted by Gasteiger charge is -2.26. The van der Waals surface area contributed by atoms with Gasteiger partial charge in [-0.05, 0) is 38.0 Å². The third-order valence-corrected chi connectivity index (χ3v) is 3.27. The van der Waals surface area contributed by atoms with Gasteiger partial charge in [0.05, 0.1) is 0 Å². The van der Waals surface area contributed by atoms with Crippen LogP contribution in [0.4, 0.5) is 5.69 Å². The summed E-state index contributed by atoms with van der Waals surface area (Å²) in [5, 5.41) is 0. The van der Waals surface area contributed by atoms with Crippen molar-refractivity contribution in [1.82, 2.24) is 4.90 Å². The van der Waals surface area contributed by atoms with Gasteiger partial charge in [-0.25, -0.2) is 0 Å². The average molecular weight is 227 g/mol. The van der Waals surface area contributed by atoms with Crippen LogP contribution in [0.25, 0.3) is 4.85 Å². The summed E-state index contributed by atoms with van der Waals surface area (Å²) in [6.45, 7) is 13.5. The van der Waals surface area contributed by atoms with Crippen LogP contribution in [0.5, 0.6) is 0 Å². The molecule has 1 aliphatic heterocycles. The fourth-order valence-corrected chi connectivity index (χ4v) is 2.11. The molecule has 0 fully saturated rings. The number of nitrogens with zero attached hydrogens (tertiary/aromatic N) is 3. The highest BCUT2D eigenvalue weighted by Gasteiger charge is 2.31. The Kier molecular flexibility index (Phi) is 2.81. The molecule has 1 heterocycles. The summed E-state index contributed by atoms with van der Waals surface area (Å²) in [7, 11) is 2.00. The number of rotatable bonds is 1. The SMILES string of the molecule is [C-]#[N+]C1=CN(C)[C@H](C)N1c1cc(C)ccc1C. The van der Waals surface area contributed by atoms with Gasteiger partial charge in [0, 0.05) is 13.2 Å². The van der Waals surface area contributed by atoms with Gasteiger partial charge in [0.25, 0.3) is 0 Å². The lowest BCUT2D eigenvalue weighted by atomic mass is 10.1. The van der Waals surface area contributed by atoms with E-state index in [1.165, 1.54) is 11.1 Å². The highest BCUT2D eigenvalue weighted by molar-refractivity contribution is 5.61. The predicted octanol–water partition coefficient (Wildman–Crippen LogP) is 3.12. The number of benzene rings is 1. The highest BCUT2D eigenvalue weighted by Crippen LogP contribution is 2.32. The van der Waals surface area contributed by atoms with Crippen molar-refractivity contribution in [2.75, 3.05) is 11.9 Å². The maximum Gasteiger partial charge on any atom is 0.247 e. The van der Waals surface area contributed by atoms with E-state index in [0.717, 1.165) is 5.69 Å². The third-order valence-electron chi connectivity index (χ3n) is 3.27. The van der Waals surface area contributed by atoms with Crippen molar-refractivity contribution in [3.63, 3.8) is 0 Å². The fraction of sp³-hybridized carbons (Fsp3) is 0.357. The molecule has 0 saturated heterocycles. The molecule has 0 unspecified atom stereocenters. The van der Waals surface area contributed by atoms with E-state index in [2.05, 4.69) is 53.6 Å². The average Bonchev–Trinajstić information content (AvgIpc) is 2.59. The quantitative estimate of drug-likeness (QED) is 0.683. The van der Waals surface area contributed by atoms with Gasteiger partial charge in [-0.15, -0.1) is 0 Å². The monoisotopic (exact) mass is 227 g/mol. The van der Waals surface area contributed by atoms with Crippen molar-refractivity contribution in [3.05, 3.63) is 52.8 Å². The number of aryl methyl sites for hydroxylation is 2. The molecule has 0 saturated carbocycles. The summed E-state index contributed by atoms with van der Waals surface area (Å²) >= 11 is 0. The maximum absolute atomic E-state index is 7.27. The minimum absolute atomic E-state index is 0.194. The summed E-state index contributed by atoms with van der Waals surface area (Å²) < 4.78 is 0. The van der Waals surface area contributed by atoms with Crippen LogP contribution in [0.1, 0.15) is 18.1 Å². The largest absolute Gasteiger partial charge is 0.363 e. The molecule has 3 nitrogen and oxygen atoms in total. The standard InChI is InChI=1S/C14H17N3/c1-10-6-7-11(2)13(8-10)17-12(3)16(5)9-14(17)15-4/h6-9,12H,1-3,5H3/t12-/m0/s1. The van der Waals surface area contributed by atoms with Crippen LogP contribution in [0.2, 0.25) is 0 Å². The van der Waals surface area contributed by atoms with Gasteiger partial charge in [-0.2, -0.15) is 0 Å². The molecule has 1 aromatic rings. The molecule has 0 aromatic heterocycles. The molecule has 2 rings (SSSR count). The Morgan fingerprint density at radius 3 is 2.65 bits per heavy atom. The van der Waals surface area contributed by atoms with Crippen molar-refractivity contribution < 1.29 is 0 Å². The summed E-state index contributed by atoms with van der Waals surface area (Å²) in [4.78, 5) is 7.77. The molecular formula is C14H17N3. The predicted molar refractivity (Wildman–Crippen MR) is 70.3 cm³/mol. The maximum atomic E-state index is 7.27. The van der Waals surface area contributed by atoms with Gasteiger partial charge in [0.15, 0.2) is 6.17 Å². The van der Waals surface area contributed by atoms with Crippen LogP contribution in [-0.2, 0) is 0 Å². The molecule has 3 heteroatoms. The molecule has 0 bridgehead atoms. The molecule has 0 radical (unpaired) electrons. The molecule has 0 spiro atoms. The van der Waals surface area contributed by atoms with Crippen LogP contribution in [0.15, 0.2) is 30.2 Å². The van der Waals surface area contributed by atoms with Crippen LogP contribution in [-0.4, -0.2) is 18.1 Å². The molecule has 0 N–H and O–H groups in total. The molecule has 0 amide bonds. The van der Waals surface area contributed by atoms with Gasteiger partial charge in [-0.1, -0.05) is 18.7 Å². The van der Waals surface area contributed by atoms with Gasteiger partial charge in [0.1, 0.15) is 5.69 Å². The molecule has 1 atom stereocenters. The Morgan fingerprint density at radius 1 is 1.29 bits per heavy atom. The third kappa shape index (κ3) is 1.87. The molecule has 0 aliphatic carbocycles. The lowest BCUT2D eigenvalue weighted by molar-refractivity contribution is 0.382. The first kappa shape index (κ1) is 11.5. The topological polar surface area (TPSA) is 10.8 Å². The molecule has 1 aromatic carbocycles. The lowest BCUT2D eigenvalue weighted by Crippen LogP contribution is -2.35. The van der Waals surface area contributed by atoms with E-state index in [4.69, 9.17) is 6.57 Å². The minimum atomic E-state index is 0.194. The zero-order chi connectivity index (χ0) is 12.6. The fourth-order valence-electron chi connectivity index (χ4n) is 2.11. The van der Waals surface area contributed by atoms with Crippen LogP contribution >= 0.6 is 0 Å². The smallest absolute Gasteiger partial charge is 0.247 e. The zero-order valence-corrected chi connectivity index (χ0v) is 10.7. The van der Waals surface area contributed by atoms with Crippen LogP contribution < -0.4 is 4.90 Å². The number of hydrogen-bond donors (Lipinski definition) is 0. The number of anilines is 1. The van der Waals surface area contributed by atoms with Crippen molar-refractivity contribution in [2.45, 2.75) is 26.9 Å². The molecule has 1 aliphatic rings. The van der Waals surface area contributed by atoms with Crippen molar-refractivity contribution in [3.8, 4) is 0 Å². The van der Waals surface area contributed by atoms with E-state index >= 15 is 0 Å². The van der Waals surface area contributed by atoms with Gasteiger partial charge < -0.3 is 9.74 Å². The van der Waals surface area contributed by atoms with Crippen LogP contribution in [0, 0.1) is 20.4 Å². The zero-order valence-electron chi connectivity index (χ0n) is 10.7. The summed E-state index contributed by atoms with van der Waals surface area (Å²) in [6.07, 6.45) is 2.10. The Morgan fingerprint density at radius 2 is 2.00 bits per heavy atom. The Labute approximate surface area is 103 Å². The second-order valence-corrected chi connectivity index (χ2v) is 4.56.